The van der Waals surface area contributed by atoms with Gasteiger partial charge in [-0.15, -0.1) is 0 Å². The number of anilines is 1. The standard InChI is InChI=1S/C27H23F2NO3/c1-15-5-7-18(8-6-15)22-14-33-27-17(3)26(32-4)20(13-21(22)27)16(2)11-25(31)30-24-12-19(28)9-10-23(24)29/h5-14H,1-4H3,(H,30,31)/b16-11+. The number of aryl methyl sites for hydroxylation is 2. The van der Waals surface area contributed by atoms with Gasteiger partial charge in [-0.1, -0.05) is 29.8 Å². The van der Waals surface area contributed by atoms with Crippen molar-refractivity contribution in [2.75, 3.05) is 12.4 Å². The summed E-state index contributed by atoms with van der Waals surface area (Å²) < 4.78 is 38.8. The number of ether oxygens (including phenoxy) is 1. The lowest BCUT2D eigenvalue weighted by Crippen LogP contribution is -2.10. The third-order valence-electron chi connectivity index (χ3n) is 5.57. The largest absolute Gasteiger partial charge is 0.496 e. The Labute approximate surface area is 190 Å². The predicted octanol–water partition coefficient (Wildman–Crippen LogP) is 7.05. The number of carbonyl (C=O) groups excluding carboxylic acids is 1. The molecule has 0 spiro atoms. The Morgan fingerprint density at radius 1 is 1.06 bits per heavy atom. The van der Waals surface area contributed by atoms with Gasteiger partial charge < -0.3 is 14.5 Å². The molecule has 0 saturated carbocycles. The molecule has 33 heavy (non-hydrogen) atoms. The van der Waals surface area contributed by atoms with Gasteiger partial charge in [0.2, 0.25) is 5.91 Å². The van der Waals surface area contributed by atoms with E-state index < -0.39 is 17.5 Å². The monoisotopic (exact) mass is 447 g/mol. The fourth-order valence-corrected chi connectivity index (χ4v) is 3.86. The second kappa shape index (κ2) is 8.90. The SMILES string of the molecule is COc1c(/C(C)=C/C(=O)Nc2cc(F)ccc2F)cc2c(-c3ccc(C)cc3)coc2c1C. The number of allylic oxidation sites excluding steroid dienone is 1. The van der Waals surface area contributed by atoms with Crippen molar-refractivity contribution < 1.29 is 22.7 Å². The van der Waals surface area contributed by atoms with E-state index in [1.54, 1.807) is 20.3 Å². The summed E-state index contributed by atoms with van der Waals surface area (Å²) >= 11 is 0. The Kier molecular flexibility index (Phi) is 6.01. The van der Waals surface area contributed by atoms with E-state index in [-0.39, 0.29) is 5.69 Å². The molecule has 0 aliphatic carbocycles. The van der Waals surface area contributed by atoms with Crippen LogP contribution in [0, 0.1) is 25.5 Å². The second-order valence-corrected chi connectivity index (χ2v) is 7.92. The van der Waals surface area contributed by atoms with Gasteiger partial charge in [0.05, 0.1) is 19.1 Å². The molecule has 1 aromatic heterocycles. The Balaban J connectivity index is 1.76. The minimum Gasteiger partial charge on any atom is -0.496 e. The molecule has 4 nitrogen and oxygen atoms in total. The summed E-state index contributed by atoms with van der Waals surface area (Å²) in [6.45, 7) is 5.68. The van der Waals surface area contributed by atoms with Crippen LogP contribution in [0.4, 0.5) is 14.5 Å². The average Bonchev–Trinajstić information content (AvgIpc) is 3.21. The van der Waals surface area contributed by atoms with Crippen molar-refractivity contribution in [1.29, 1.82) is 0 Å². The third kappa shape index (κ3) is 4.37. The Bertz CT molecular complexity index is 1390. The summed E-state index contributed by atoms with van der Waals surface area (Å²) in [6.07, 6.45) is 3.04. The molecule has 0 atom stereocenters. The molecule has 0 unspecified atom stereocenters. The van der Waals surface area contributed by atoms with E-state index in [9.17, 15) is 13.6 Å². The van der Waals surface area contributed by atoms with Crippen LogP contribution in [0.2, 0.25) is 0 Å². The van der Waals surface area contributed by atoms with Crippen molar-refractivity contribution in [1.82, 2.24) is 0 Å². The van der Waals surface area contributed by atoms with E-state index in [1.165, 1.54) is 6.08 Å². The van der Waals surface area contributed by atoms with Crippen LogP contribution in [-0.2, 0) is 4.79 Å². The maximum Gasteiger partial charge on any atom is 0.248 e. The maximum absolute atomic E-state index is 13.9. The van der Waals surface area contributed by atoms with E-state index in [1.807, 2.05) is 44.2 Å². The maximum atomic E-state index is 13.9. The topological polar surface area (TPSA) is 51.5 Å². The van der Waals surface area contributed by atoms with E-state index >= 15 is 0 Å². The van der Waals surface area contributed by atoms with Crippen molar-refractivity contribution in [3.8, 4) is 16.9 Å². The molecule has 168 valence electrons. The van der Waals surface area contributed by atoms with Crippen LogP contribution in [0.3, 0.4) is 0 Å². The summed E-state index contributed by atoms with van der Waals surface area (Å²) in [5.41, 5.74) is 5.67. The highest BCUT2D eigenvalue weighted by Crippen LogP contribution is 2.40. The van der Waals surface area contributed by atoms with Gasteiger partial charge in [0.25, 0.3) is 0 Å². The van der Waals surface area contributed by atoms with Gasteiger partial charge in [-0.05, 0) is 50.1 Å². The third-order valence-corrected chi connectivity index (χ3v) is 5.57. The van der Waals surface area contributed by atoms with Crippen molar-refractivity contribution in [3.05, 3.63) is 89.2 Å². The fourth-order valence-electron chi connectivity index (χ4n) is 3.86. The van der Waals surface area contributed by atoms with Crippen LogP contribution >= 0.6 is 0 Å². The number of methoxy groups -OCH3 is 1. The van der Waals surface area contributed by atoms with Crippen LogP contribution in [-0.4, -0.2) is 13.0 Å². The van der Waals surface area contributed by atoms with Crippen molar-refractivity contribution >= 4 is 28.1 Å². The Morgan fingerprint density at radius 3 is 2.48 bits per heavy atom. The van der Waals surface area contributed by atoms with Crippen LogP contribution in [0.15, 0.2) is 65.3 Å². The minimum absolute atomic E-state index is 0.223. The highest BCUT2D eigenvalue weighted by Gasteiger charge is 2.19. The zero-order valence-corrected chi connectivity index (χ0v) is 18.8. The molecule has 6 heteroatoms. The summed E-state index contributed by atoms with van der Waals surface area (Å²) in [4.78, 5) is 12.5. The molecule has 0 aliphatic heterocycles. The Morgan fingerprint density at radius 2 is 1.79 bits per heavy atom. The van der Waals surface area contributed by atoms with Gasteiger partial charge in [0.15, 0.2) is 0 Å². The lowest BCUT2D eigenvalue weighted by atomic mass is 9.96. The zero-order chi connectivity index (χ0) is 23.7. The molecular weight excluding hydrogens is 424 g/mol. The average molecular weight is 447 g/mol. The van der Waals surface area contributed by atoms with Crippen molar-refractivity contribution in [3.63, 3.8) is 0 Å². The smallest absolute Gasteiger partial charge is 0.248 e. The quantitative estimate of drug-likeness (QED) is 0.334. The number of fused-ring (bicyclic) bond motifs is 1. The van der Waals surface area contributed by atoms with Gasteiger partial charge in [-0.25, -0.2) is 8.78 Å². The zero-order valence-electron chi connectivity index (χ0n) is 18.8. The van der Waals surface area contributed by atoms with Gasteiger partial charge in [0, 0.05) is 34.2 Å². The minimum atomic E-state index is -0.716. The first-order valence-electron chi connectivity index (χ1n) is 10.4. The second-order valence-electron chi connectivity index (χ2n) is 7.92. The fraction of sp³-hybridized carbons (Fsp3) is 0.148. The summed E-state index contributed by atoms with van der Waals surface area (Å²) in [5.74, 6) is -1.36. The molecule has 4 rings (SSSR count). The van der Waals surface area contributed by atoms with E-state index in [2.05, 4.69) is 5.32 Å². The predicted molar refractivity (Wildman–Crippen MR) is 126 cm³/mol. The highest BCUT2D eigenvalue weighted by molar-refractivity contribution is 6.06. The number of hydrogen-bond acceptors (Lipinski definition) is 3. The summed E-state index contributed by atoms with van der Waals surface area (Å²) in [5, 5.41) is 3.27. The van der Waals surface area contributed by atoms with Crippen molar-refractivity contribution in [2.45, 2.75) is 20.8 Å². The number of benzene rings is 3. The molecule has 1 amide bonds. The first-order chi connectivity index (χ1) is 15.8. The van der Waals surface area contributed by atoms with E-state index in [0.717, 1.165) is 45.8 Å². The molecule has 0 aliphatic rings. The van der Waals surface area contributed by atoms with Crippen LogP contribution < -0.4 is 10.1 Å². The molecular formula is C27H23F2NO3. The Hall–Kier alpha value is -3.93. The van der Waals surface area contributed by atoms with Gasteiger partial charge in [-0.2, -0.15) is 0 Å². The molecule has 0 bridgehead atoms. The first kappa shape index (κ1) is 22.3. The molecule has 1 heterocycles. The van der Waals surface area contributed by atoms with E-state index in [0.29, 0.717) is 22.5 Å². The molecule has 4 aromatic rings. The number of carbonyl (C=O) groups is 1. The first-order valence-corrected chi connectivity index (χ1v) is 10.4. The van der Waals surface area contributed by atoms with E-state index in [4.69, 9.17) is 9.15 Å². The summed E-state index contributed by atoms with van der Waals surface area (Å²) in [6, 6.07) is 12.9. The van der Waals surface area contributed by atoms with Gasteiger partial charge >= 0.3 is 0 Å². The lowest BCUT2D eigenvalue weighted by molar-refractivity contribution is -0.111. The molecule has 0 fully saturated rings. The van der Waals surface area contributed by atoms with Crippen LogP contribution in [0.5, 0.6) is 5.75 Å². The molecule has 0 radical (unpaired) electrons. The molecule has 3 aromatic carbocycles. The number of halogens is 2. The molecule has 1 N–H and O–H groups in total. The number of hydrogen-bond donors (Lipinski definition) is 1. The number of rotatable bonds is 5. The summed E-state index contributed by atoms with van der Waals surface area (Å²) in [7, 11) is 1.55. The van der Waals surface area contributed by atoms with Crippen molar-refractivity contribution in [2.24, 2.45) is 0 Å². The van der Waals surface area contributed by atoms with Gasteiger partial charge in [-0.3, -0.25) is 4.79 Å². The van der Waals surface area contributed by atoms with Gasteiger partial charge in [0.1, 0.15) is 23.0 Å². The van der Waals surface area contributed by atoms with Crippen LogP contribution in [0.25, 0.3) is 27.7 Å². The normalized spacial score (nSPS) is 11.6. The van der Waals surface area contributed by atoms with Crippen LogP contribution in [0.1, 0.15) is 23.6 Å². The number of amides is 1. The number of nitrogens with one attached hydrogen (secondary N) is 1. The molecule has 0 saturated heterocycles. The lowest BCUT2D eigenvalue weighted by Gasteiger charge is -2.13. The number of furan rings is 1. The highest BCUT2D eigenvalue weighted by atomic mass is 19.1.